The fourth-order valence-corrected chi connectivity index (χ4v) is 3.56. The number of Topliss-reactive ketones (excluding diaryl/α,β-unsaturated/α-hetero) is 1. The Kier molecular flexibility index (Phi) is 4.54. The van der Waals surface area contributed by atoms with Crippen molar-refractivity contribution in [3.8, 4) is 0 Å². The lowest BCUT2D eigenvalue weighted by Gasteiger charge is -2.53. The molecule has 1 aromatic rings. The molecule has 1 atom stereocenters. The Hall–Kier alpha value is -1.50. The highest BCUT2D eigenvalue weighted by atomic mass is 35.5. The Morgan fingerprint density at radius 3 is 2.57 bits per heavy atom. The molecule has 1 unspecified atom stereocenters. The number of ketones is 1. The normalized spacial score (nSPS) is 23.5. The number of piperidine rings is 1. The van der Waals surface area contributed by atoms with Gasteiger partial charge in [-0.25, -0.2) is 5.01 Å². The Morgan fingerprint density at radius 1 is 1.39 bits per heavy atom. The minimum absolute atomic E-state index is 0.0241. The molecule has 2 N–H and O–H groups in total. The van der Waals surface area contributed by atoms with Gasteiger partial charge in [-0.3, -0.25) is 20.8 Å². The largest absolute Gasteiger partial charge is 0.294 e. The lowest BCUT2D eigenvalue weighted by atomic mass is 9.71. The summed E-state index contributed by atoms with van der Waals surface area (Å²) in [7, 11) is 0. The van der Waals surface area contributed by atoms with Crippen molar-refractivity contribution in [1.82, 2.24) is 5.01 Å². The fraction of sp³-hybridized carbons (Fsp3) is 0.562. The Bertz CT molecular complexity index is 658. The first kappa shape index (κ1) is 17.8. The van der Waals surface area contributed by atoms with Gasteiger partial charge in [0.1, 0.15) is 5.02 Å². The summed E-state index contributed by atoms with van der Waals surface area (Å²) in [6.45, 7) is 7.95. The van der Waals surface area contributed by atoms with E-state index in [1.807, 2.05) is 27.7 Å². The number of rotatable bonds is 3. The van der Waals surface area contributed by atoms with E-state index in [4.69, 9.17) is 17.4 Å². The maximum atomic E-state index is 12.9. The van der Waals surface area contributed by atoms with Crippen molar-refractivity contribution in [2.45, 2.75) is 51.6 Å². The number of carbonyl (C=O) groups is 1. The van der Waals surface area contributed by atoms with Gasteiger partial charge in [0, 0.05) is 28.6 Å². The Labute approximate surface area is 140 Å². The molecule has 0 bridgehead atoms. The topological polar surface area (TPSA) is 89.5 Å². The summed E-state index contributed by atoms with van der Waals surface area (Å²) >= 11 is 5.82. The molecule has 0 amide bonds. The second kappa shape index (κ2) is 5.85. The van der Waals surface area contributed by atoms with Gasteiger partial charge in [0.15, 0.2) is 5.78 Å². The third-order valence-electron chi connectivity index (χ3n) is 4.91. The summed E-state index contributed by atoms with van der Waals surface area (Å²) in [4.78, 5) is 23.3. The monoisotopic (exact) mass is 339 g/mol. The minimum Gasteiger partial charge on any atom is -0.294 e. The molecule has 1 aliphatic heterocycles. The average molecular weight is 340 g/mol. The average Bonchev–Trinajstić information content (AvgIpc) is 2.44. The number of halogens is 1. The van der Waals surface area contributed by atoms with Crippen LogP contribution in [0.4, 0.5) is 5.69 Å². The molecule has 7 heteroatoms. The molecule has 0 radical (unpaired) electrons. The molecular weight excluding hydrogens is 318 g/mol. The van der Waals surface area contributed by atoms with Crippen LogP contribution < -0.4 is 5.84 Å². The molecule has 1 aromatic carbocycles. The third kappa shape index (κ3) is 3.11. The highest BCUT2D eigenvalue weighted by molar-refractivity contribution is 6.32. The van der Waals surface area contributed by atoms with E-state index in [2.05, 4.69) is 0 Å². The van der Waals surface area contributed by atoms with Gasteiger partial charge in [-0.05, 0) is 52.7 Å². The van der Waals surface area contributed by atoms with Crippen LogP contribution in [0.2, 0.25) is 5.02 Å². The van der Waals surface area contributed by atoms with Crippen molar-refractivity contribution < 1.29 is 9.72 Å². The van der Waals surface area contributed by atoms with Gasteiger partial charge in [0.2, 0.25) is 0 Å². The minimum atomic E-state index is -0.580. The molecule has 0 spiro atoms. The van der Waals surface area contributed by atoms with Gasteiger partial charge in [-0.2, -0.15) is 0 Å². The smallest absolute Gasteiger partial charge is 0.288 e. The molecule has 23 heavy (non-hydrogen) atoms. The van der Waals surface area contributed by atoms with Crippen molar-refractivity contribution in [3.05, 3.63) is 38.9 Å². The number of nitro groups is 1. The first-order chi connectivity index (χ1) is 10.5. The van der Waals surface area contributed by atoms with Crippen LogP contribution in [0.25, 0.3) is 0 Å². The summed E-state index contributed by atoms with van der Waals surface area (Å²) < 4.78 is 0. The van der Waals surface area contributed by atoms with Crippen LogP contribution in [-0.2, 0) is 0 Å². The summed E-state index contributed by atoms with van der Waals surface area (Å²) in [5.74, 6) is 5.78. The van der Waals surface area contributed by atoms with Gasteiger partial charge in [0.25, 0.3) is 5.69 Å². The number of nitrogens with zero attached hydrogens (tertiary/aromatic N) is 2. The molecule has 126 valence electrons. The number of carbonyl (C=O) groups excluding carboxylic acids is 1. The molecular formula is C16H22ClN3O3. The summed E-state index contributed by atoms with van der Waals surface area (Å²) in [5.41, 5.74) is -0.706. The molecule has 0 aliphatic carbocycles. The zero-order valence-electron chi connectivity index (χ0n) is 13.8. The first-order valence-corrected chi connectivity index (χ1v) is 7.89. The number of nitrogens with two attached hydrogens (primary N) is 1. The summed E-state index contributed by atoms with van der Waals surface area (Å²) in [6, 6.07) is 4.18. The molecule has 6 nitrogen and oxygen atoms in total. The molecule has 1 aliphatic rings. The highest BCUT2D eigenvalue weighted by Crippen LogP contribution is 2.41. The second-order valence-corrected chi connectivity index (χ2v) is 7.62. The van der Waals surface area contributed by atoms with Gasteiger partial charge in [-0.1, -0.05) is 11.6 Å². The Morgan fingerprint density at radius 2 is 2.00 bits per heavy atom. The van der Waals surface area contributed by atoms with E-state index >= 15 is 0 Å². The highest BCUT2D eigenvalue weighted by Gasteiger charge is 2.48. The lowest BCUT2D eigenvalue weighted by molar-refractivity contribution is -0.384. The van der Waals surface area contributed by atoms with E-state index in [1.165, 1.54) is 18.2 Å². The van der Waals surface area contributed by atoms with E-state index < -0.39 is 10.5 Å². The summed E-state index contributed by atoms with van der Waals surface area (Å²) in [6.07, 6.45) is 1.46. The van der Waals surface area contributed by atoms with Gasteiger partial charge in [0.05, 0.1) is 4.92 Å². The van der Waals surface area contributed by atoms with Gasteiger partial charge >= 0.3 is 0 Å². The second-order valence-electron chi connectivity index (χ2n) is 7.21. The maximum absolute atomic E-state index is 12.9. The fourth-order valence-electron chi connectivity index (χ4n) is 3.38. The van der Waals surface area contributed by atoms with E-state index in [0.29, 0.717) is 12.0 Å². The van der Waals surface area contributed by atoms with Crippen LogP contribution in [0.15, 0.2) is 18.2 Å². The van der Waals surface area contributed by atoms with E-state index in [0.717, 1.165) is 6.42 Å². The van der Waals surface area contributed by atoms with Gasteiger partial charge in [-0.15, -0.1) is 0 Å². The van der Waals surface area contributed by atoms with Crippen LogP contribution >= 0.6 is 11.6 Å². The molecule has 0 aromatic heterocycles. The predicted molar refractivity (Wildman–Crippen MR) is 89.3 cm³/mol. The van der Waals surface area contributed by atoms with E-state index in [-0.39, 0.29) is 28.0 Å². The number of benzene rings is 1. The number of nitro benzene ring substituents is 1. The standard InChI is InChI=1S/C16H22ClN3O3/c1-15(2)8-7-11(16(3,4)20(15)18)14(21)10-5-6-12(17)13(9-10)19(22)23/h5-6,9,11H,7-8,18H2,1-4H3. The predicted octanol–water partition coefficient (Wildman–Crippen LogP) is 3.57. The van der Waals surface area contributed by atoms with Crippen LogP contribution in [0.3, 0.4) is 0 Å². The molecule has 1 saturated heterocycles. The van der Waals surface area contributed by atoms with Crippen molar-refractivity contribution >= 4 is 23.1 Å². The molecule has 1 fully saturated rings. The SMILES string of the molecule is CC1(C)CCC(C(=O)c2ccc(Cl)c([N+](=O)[O-])c2)C(C)(C)N1N. The van der Waals surface area contributed by atoms with Crippen LogP contribution in [-0.4, -0.2) is 26.8 Å². The van der Waals surface area contributed by atoms with Crippen LogP contribution in [0.1, 0.15) is 50.9 Å². The molecule has 0 saturated carbocycles. The van der Waals surface area contributed by atoms with Crippen LogP contribution in [0.5, 0.6) is 0 Å². The quantitative estimate of drug-likeness (QED) is 0.393. The van der Waals surface area contributed by atoms with Crippen molar-refractivity contribution in [3.63, 3.8) is 0 Å². The lowest BCUT2D eigenvalue weighted by Crippen LogP contribution is -2.66. The molecule has 1 heterocycles. The van der Waals surface area contributed by atoms with Crippen LogP contribution in [0, 0.1) is 16.0 Å². The van der Waals surface area contributed by atoms with E-state index in [1.54, 1.807) is 5.01 Å². The van der Waals surface area contributed by atoms with Crippen molar-refractivity contribution in [2.75, 3.05) is 0 Å². The first-order valence-electron chi connectivity index (χ1n) is 7.51. The van der Waals surface area contributed by atoms with Crippen molar-refractivity contribution in [2.24, 2.45) is 11.8 Å². The zero-order chi connectivity index (χ0) is 17.6. The third-order valence-corrected chi connectivity index (χ3v) is 5.23. The number of hydrazine groups is 1. The number of hydrogen-bond acceptors (Lipinski definition) is 5. The number of hydrogen-bond donors (Lipinski definition) is 1. The Balaban J connectivity index is 2.38. The molecule has 2 rings (SSSR count). The van der Waals surface area contributed by atoms with Crippen molar-refractivity contribution in [1.29, 1.82) is 0 Å². The summed E-state index contributed by atoms with van der Waals surface area (Å²) in [5, 5.41) is 12.8. The zero-order valence-corrected chi connectivity index (χ0v) is 14.6. The maximum Gasteiger partial charge on any atom is 0.288 e. The van der Waals surface area contributed by atoms with Gasteiger partial charge < -0.3 is 0 Å². The van der Waals surface area contributed by atoms with E-state index in [9.17, 15) is 14.9 Å².